The van der Waals surface area contributed by atoms with Crippen LogP contribution in [0.5, 0.6) is 17.2 Å². The van der Waals surface area contributed by atoms with Gasteiger partial charge in [0.25, 0.3) is 0 Å². The maximum Gasteiger partial charge on any atom is 0.125 e. The fourth-order valence-electron chi connectivity index (χ4n) is 5.27. The minimum absolute atomic E-state index is 0.239. The number of nitrogens with zero attached hydrogens (tertiary/aromatic N) is 2. The number of phenolic OH excluding ortho intramolecular Hbond substituents is 2. The second-order valence-electron chi connectivity index (χ2n) is 9.53. The summed E-state index contributed by atoms with van der Waals surface area (Å²) in [6, 6.07) is 21.2. The highest BCUT2D eigenvalue weighted by Gasteiger charge is 2.18. The SMILES string of the molecule is Cc1c(-c2ccc(O)cc2)n(Cc2ccc(OCCCN3CCCCC3)cc2)c2cccc(O)c12. The Kier molecular flexibility index (Phi) is 6.96. The van der Waals surface area contributed by atoms with Crippen LogP contribution >= 0.6 is 0 Å². The molecule has 35 heavy (non-hydrogen) atoms. The highest BCUT2D eigenvalue weighted by Crippen LogP contribution is 2.38. The highest BCUT2D eigenvalue weighted by atomic mass is 16.5. The van der Waals surface area contributed by atoms with Crippen LogP contribution in [0.4, 0.5) is 0 Å². The largest absolute Gasteiger partial charge is 0.508 e. The van der Waals surface area contributed by atoms with E-state index in [0.29, 0.717) is 6.54 Å². The van der Waals surface area contributed by atoms with Gasteiger partial charge in [-0.1, -0.05) is 24.6 Å². The number of hydrogen-bond donors (Lipinski definition) is 2. The summed E-state index contributed by atoms with van der Waals surface area (Å²) in [6.07, 6.45) is 5.07. The maximum absolute atomic E-state index is 10.6. The highest BCUT2D eigenvalue weighted by molar-refractivity contribution is 5.95. The molecule has 0 bridgehead atoms. The van der Waals surface area contributed by atoms with Crippen LogP contribution in [0.2, 0.25) is 0 Å². The number of ether oxygens (including phenoxy) is 1. The molecule has 3 aromatic carbocycles. The van der Waals surface area contributed by atoms with Gasteiger partial charge >= 0.3 is 0 Å². The molecule has 2 heterocycles. The molecule has 182 valence electrons. The van der Waals surface area contributed by atoms with Crippen molar-refractivity contribution in [2.24, 2.45) is 0 Å². The van der Waals surface area contributed by atoms with Gasteiger partial charge in [0, 0.05) is 18.5 Å². The number of aromatic nitrogens is 1. The molecule has 1 fully saturated rings. The zero-order valence-electron chi connectivity index (χ0n) is 20.4. The molecule has 5 rings (SSSR count). The Balaban J connectivity index is 1.33. The van der Waals surface area contributed by atoms with Crippen molar-refractivity contribution < 1.29 is 14.9 Å². The van der Waals surface area contributed by atoms with E-state index in [9.17, 15) is 10.2 Å². The van der Waals surface area contributed by atoms with E-state index in [1.165, 1.54) is 32.4 Å². The van der Waals surface area contributed by atoms with Crippen LogP contribution in [-0.2, 0) is 6.54 Å². The molecule has 1 aliphatic rings. The van der Waals surface area contributed by atoms with E-state index in [0.717, 1.165) is 58.6 Å². The normalized spacial score (nSPS) is 14.4. The Labute approximate surface area is 207 Å². The molecule has 5 nitrogen and oxygen atoms in total. The number of aryl methyl sites for hydroxylation is 1. The van der Waals surface area contributed by atoms with Crippen molar-refractivity contribution in [3.63, 3.8) is 0 Å². The van der Waals surface area contributed by atoms with Gasteiger partial charge in [-0.3, -0.25) is 0 Å². The van der Waals surface area contributed by atoms with E-state index in [4.69, 9.17) is 4.74 Å². The molecular formula is C30H34N2O3. The van der Waals surface area contributed by atoms with Gasteiger partial charge in [0.15, 0.2) is 0 Å². The van der Waals surface area contributed by atoms with Crippen molar-refractivity contribution in [2.75, 3.05) is 26.2 Å². The smallest absolute Gasteiger partial charge is 0.125 e. The fraction of sp³-hybridized carbons (Fsp3) is 0.333. The van der Waals surface area contributed by atoms with Crippen molar-refractivity contribution in [1.29, 1.82) is 0 Å². The molecule has 0 radical (unpaired) electrons. The van der Waals surface area contributed by atoms with Crippen LogP contribution in [-0.4, -0.2) is 45.9 Å². The minimum atomic E-state index is 0.239. The lowest BCUT2D eigenvalue weighted by Gasteiger charge is -2.26. The van der Waals surface area contributed by atoms with E-state index in [1.54, 1.807) is 18.2 Å². The standard InChI is InChI=1S/C30H34N2O3/c1-22-29-27(7-5-8-28(29)34)32(30(22)24-11-13-25(33)14-12-24)21-23-9-15-26(16-10-23)35-20-6-19-31-17-3-2-4-18-31/h5,7-16,33-34H,2-4,6,17-21H2,1H3. The molecule has 0 spiro atoms. The van der Waals surface area contributed by atoms with Gasteiger partial charge in [0.1, 0.15) is 17.2 Å². The molecule has 0 amide bonds. The van der Waals surface area contributed by atoms with E-state index in [2.05, 4.69) is 21.6 Å². The van der Waals surface area contributed by atoms with Gasteiger partial charge in [-0.15, -0.1) is 0 Å². The van der Waals surface area contributed by atoms with Crippen molar-refractivity contribution in [1.82, 2.24) is 9.47 Å². The van der Waals surface area contributed by atoms with Gasteiger partial charge in [0.2, 0.25) is 0 Å². The molecule has 1 aromatic heterocycles. The third-order valence-corrected chi connectivity index (χ3v) is 7.05. The van der Waals surface area contributed by atoms with Crippen molar-refractivity contribution in [3.8, 4) is 28.5 Å². The van der Waals surface area contributed by atoms with Crippen molar-refractivity contribution in [2.45, 2.75) is 39.2 Å². The average molecular weight is 471 g/mol. The number of likely N-dealkylation sites (tertiary alicyclic amines) is 1. The summed E-state index contributed by atoms with van der Waals surface area (Å²) in [5.41, 5.74) is 5.22. The minimum Gasteiger partial charge on any atom is -0.508 e. The van der Waals surface area contributed by atoms with Gasteiger partial charge in [-0.25, -0.2) is 0 Å². The summed E-state index contributed by atoms with van der Waals surface area (Å²) in [6.45, 7) is 7.02. The van der Waals surface area contributed by atoms with Gasteiger partial charge < -0.3 is 24.4 Å². The summed E-state index contributed by atoms with van der Waals surface area (Å²) in [7, 11) is 0. The predicted molar refractivity (Wildman–Crippen MR) is 141 cm³/mol. The molecule has 1 saturated heterocycles. The maximum atomic E-state index is 10.6. The average Bonchev–Trinajstić information content (AvgIpc) is 3.16. The number of rotatable bonds is 8. The third kappa shape index (κ3) is 5.15. The van der Waals surface area contributed by atoms with Crippen LogP contribution in [0.15, 0.2) is 66.7 Å². The Hall–Kier alpha value is -3.44. The Morgan fingerprint density at radius 1 is 0.857 bits per heavy atom. The molecule has 0 aliphatic carbocycles. The topological polar surface area (TPSA) is 57.9 Å². The van der Waals surface area contributed by atoms with E-state index >= 15 is 0 Å². The molecular weight excluding hydrogens is 436 g/mol. The summed E-state index contributed by atoms with van der Waals surface area (Å²) in [5, 5.41) is 21.2. The fourth-order valence-corrected chi connectivity index (χ4v) is 5.27. The molecule has 0 unspecified atom stereocenters. The van der Waals surface area contributed by atoms with Gasteiger partial charge in [-0.05, 0) is 104 Å². The summed E-state index contributed by atoms with van der Waals surface area (Å²) in [4.78, 5) is 2.54. The number of benzene rings is 3. The lowest BCUT2D eigenvalue weighted by molar-refractivity contribution is 0.205. The molecule has 1 aliphatic heterocycles. The molecule has 4 aromatic rings. The van der Waals surface area contributed by atoms with Crippen LogP contribution in [0, 0.1) is 6.92 Å². The van der Waals surface area contributed by atoms with Gasteiger partial charge in [-0.2, -0.15) is 0 Å². The zero-order chi connectivity index (χ0) is 24.2. The second kappa shape index (κ2) is 10.4. The van der Waals surface area contributed by atoms with Crippen molar-refractivity contribution >= 4 is 10.9 Å². The number of aromatic hydroxyl groups is 2. The van der Waals surface area contributed by atoms with Crippen LogP contribution in [0.25, 0.3) is 22.2 Å². The van der Waals surface area contributed by atoms with E-state index in [-0.39, 0.29) is 11.5 Å². The first-order valence-corrected chi connectivity index (χ1v) is 12.6. The van der Waals surface area contributed by atoms with Crippen LogP contribution in [0.1, 0.15) is 36.8 Å². The van der Waals surface area contributed by atoms with E-state index in [1.807, 2.05) is 43.3 Å². The Bertz CT molecular complexity index is 1270. The molecule has 0 saturated carbocycles. The van der Waals surface area contributed by atoms with Gasteiger partial charge in [0.05, 0.1) is 17.8 Å². The van der Waals surface area contributed by atoms with Crippen LogP contribution < -0.4 is 4.74 Å². The summed E-state index contributed by atoms with van der Waals surface area (Å²) in [5.74, 6) is 1.42. The zero-order valence-corrected chi connectivity index (χ0v) is 20.4. The Morgan fingerprint density at radius 2 is 1.60 bits per heavy atom. The number of fused-ring (bicyclic) bond motifs is 1. The first kappa shape index (κ1) is 23.3. The van der Waals surface area contributed by atoms with Crippen molar-refractivity contribution in [3.05, 3.63) is 77.9 Å². The number of piperidine rings is 1. The lowest BCUT2D eigenvalue weighted by atomic mass is 10.1. The quantitative estimate of drug-likeness (QED) is 0.295. The lowest BCUT2D eigenvalue weighted by Crippen LogP contribution is -2.31. The predicted octanol–water partition coefficient (Wildman–Crippen LogP) is 6.33. The first-order chi connectivity index (χ1) is 17.1. The molecule has 2 N–H and O–H groups in total. The summed E-state index contributed by atoms with van der Waals surface area (Å²) >= 11 is 0. The van der Waals surface area contributed by atoms with E-state index < -0.39 is 0 Å². The monoisotopic (exact) mass is 470 g/mol. The molecule has 0 atom stereocenters. The first-order valence-electron chi connectivity index (χ1n) is 12.6. The third-order valence-electron chi connectivity index (χ3n) is 7.05. The second-order valence-corrected chi connectivity index (χ2v) is 9.53. The Morgan fingerprint density at radius 3 is 2.34 bits per heavy atom. The molecule has 5 heteroatoms. The van der Waals surface area contributed by atoms with Crippen LogP contribution in [0.3, 0.4) is 0 Å². The summed E-state index contributed by atoms with van der Waals surface area (Å²) < 4.78 is 8.25. The number of hydrogen-bond acceptors (Lipinski definition) is 4. The number of phenols is 2.